The number of benzene rings is 2. The average molecular weight is 554 g/mol. The Bertz CT molecular complexity index is 1170. The number of rotatable bonds is 12. The molecule has 0 bridgehead atoms. The first-order valence-corrected chi connectivity index (χ1v) is 13.9. The third-order valence-electron chi connectivity index (χ3n) is 7.04. The number of hydrogen-bond acceptors (Lipinski definition) is 7. The highest BCUT2D eigenvalue weighted by atomic mass is 16.5. The van der Waals surface area contributed by atoms with Crippen molar-refractivity contribution in [2.75, 3.05) is 50.2 Å². The number of nitrogens with one attached hydrogen (secondary N) is 2. The van der Waals surface area contributed by atoms with Crippen molar-refractivity contribution < 1.29 is 24.2 Å². The number of ether oxygens (including phenoxy) is 1. The lowest BCUT2D eigenvalue weighted by Gasteiger charge is -2.37. The predicted octanol–water partition coefficient (Wildman–Crippen LogP) is 3.58. The fraction of sp³-hybridized carbons (Fsp3) is 0.500. The first kappa shape index (κ1) is 30.9. The maximum Gasteiger partial charge on any atom is 0.258 e. The van der Waals surface area contributed by atoms with Crippen LogP contribution in [0.5, 0.6) is 5.75 Å². The monoisotopic (exact) mass is 553 g/mol. The second kappa shape index (κ2) is 14.7. The number of anilines is 3. The van der Waals surface area contributed by atoms with Gasteiger partial charge in [0.15, 0.2) is 0 Å². The Hall–Kier alpha value is -3.63. The summed E-state index contributed by atoms with van der Waals surface area (Å²) in [6.07, 6.45) is 2.50. The molecule has 2 aromatic rings. The number of likely N-dealkylation sites (N-methyl/N-ethyl adjacent to an activating group) is 1. The van der Waals surface area contributed by atoms with Crippen molar-refractivity contribution in [2.24, 2.45) is 5.92 Å². The lowest BCUT2D eigenvalue weighted by Crippen LogP contribution is -2.49. The minimum absolute atomic E-state index is 0.0513. The van der Waals surface area contributed by atoms with Crippen molar-refractivity contribution in [3.63, 3.8) is 0 Å². The Labute approximate surface area is 236 Å². The molecule has 0 fully saturated rings. The maximum absolute atomic E-state index is 13.5. The van der Waals surface area contributed by atoms with E-state index in [1.165, 1.54) is 0 Å². The van der Waals surface area contributed by atoms with E-state index < -0.39 is 0 Å². The number of aliphatic hydroxyl groups is 1. The lowest BCUT2D eigenvalue weighted by atomic mass is 9.99. The summed E-state index contributed by atoms with van der Waals surface area (Å²) in [5.41, 5.74) is 7.85. The molecule has 3 rings (SSSR count). The standard InChI is InChI=1S/C30H43N5O5/c1-20-17-35(21(2)19-36)30(39)23-16-22(14-15-26(23)40-27(20)18-34(3)4)32-28(37)12-6-5-7-13-29(38)33-25-11-9-8-10-24(25)31/h8-11,14-16,20-21,27,36H,5-7,12-13,17-19,31H2,1-4H3,(H,32,37)(H,33,38)/t20-,21+,27+/m0/s1. The van der Waals surface area contributed by atoms with Crippen LogP contribution in [0.25, 0.3) is 0 Å². The maximum atomic E-state index is 13.5. The number of amides is 3. The van der Waals surface area contributed by atoms with E-state index in [0.717, 1.165) is 6.42 Å². The van der Waals surface area contributed by atoms with Gasteiger partial charge in [-0.1, -0.05) is 25.5 Å². The summed E-state index contributed by atoms with van der Waals surface area (Å²) in [7, 11) is 3.95. The van der Waals surface area contributed by atoms with Crippen molar-refractivity contribution >= 4 is 34.8 Å². The molecule has 1 heterocycles. The number of hydrogen-bond donors (Lipinski definition) is 4. The van der Waals surface area contributed by atoms with Crippen LogP contribution in [0.15, 0.2) is 42.5 Å². The zero-order valence-electron chi connectivity index (χ0n) is 24.0. The Morgan fingerprint density at radius 2 is 1.77 bits per heavy atom. The summed E-state index contributed by atoms with van der Waals surface area (Å²) in [5.74, 6) is 0.00277. The van der Waals surface area contributed by atoms with E-state index in [0.29, 0.717) is 67.1 Å². The predicted molar refractivity (Wildman–Crippen MR) is 157 cm³/mol. The van der Waals surface area contributed by atoms with Gasteiger partial charge in [0.2, 0.25) is 11.8 Å². The van der Waals surface area contributed by atoms with Crippen LogP contribution in [0.1, 0.15) is 56.3 Å². The number of aliphatic hydroxyl groups excluding tert-OH is 1. The molecular weight excluding hydrogens is 510 g/mol. The normalized spacial score (nSPS) is 17.9. The third kappa shape index (κ3) is 8.69. The highest BCUT2D eigenvalue weighted by Gasteiger charge is 2.33. The highest BCUT2D eigenvalue weighted by molar-refractivity contribution is 6.00. The molecule has 3 amide bonds. The molecule has 3 atom stereocenters. The number of nitrogens with two attached hydrogens (primary N) is 1. The van der Waals surface area contributed by atoms with Gasteiger partial charge in [0.25, 0.3) is 5.91 Å². The number of carbonyl (C=O) groups is 3. The Morgan fingerprint density at radius 1 is 1.10 bits per heavy atom. The number of nitrogen functional groups attached to an aromatic ring is 1. The minimum atomic E-state index is -0.355. The van der Waals surface area contributed by atoms with Crippen molar-refractivity contribution in [3.8, 4) is 5.75 Å². The van der Waals surface area contributed by atoms with Gasteiger partial charge in [-0.2, -0.15) is 0 Å². The van der Waals surface area contributed by atoms with Gasteiger partial charge < -0.3 is 36.0 Å². The number of unbranched alkanes of at least 4 members (excludes halogenated alkanes) is 2. The summed E-state index contributed by atoms with van der Waals surface area (Å²) >= 11 is 0. The van der Waals surface area contributed by atoms with Crippen LogP contribution in [0.3, 0.4) is 0 Å². The molecule has 218 valence electrons. The molecule has 0 aromatic heterocycles. The van der Waals surface area contributed by atoms with Crippen LogP contribution in [0, 0.1) is 5.92 Å². The zero-order chi connectivity index (χ0) is 29.2. The molecule has 0 saturated carbocycles. The molecule has 0 unspecified atom stereocenters. The molecule has 0 spiro atoms. The van der Waals surface area contributed by atoms with E-state index in [1.54, 1.807) is 35.2 Å². The average Bonchev–Trinajstić information content (AvgIpc) is 2.91. The quantitative estimate of drug-likeness (QED) is 0.233. The van der Waals surface area contributed by atoms with Crippen LogP contribution in [-0.2, 0) is 9.59 Å². The molecule has 5 N–H and O–H groups in total. The highest BCUT2D eigenvalue weighted by Crippen LogP contribution is 2.30. The number of para-hydroxylation sites is 2. The first-order valence-electron chi connectivity index (χ1n) is 13.9. The SMILES string of the molecule is C[C@H](CO)N1C[C@H](C)[C@@H](CN(C)C)Oc2ccc(NC(=O)CCCCCC(=O)Nc3ccccc3N)cc2C1=O. The summed E-state index contributed by atoms with van der Waals surface area (Å²) in [6.45, 7) is 4.84. The lowest BCUT2D eigenvalue weighted by molar-refractivity contribution is -0.116. The van der Waals surface area contributed by atoms with Gasteiger partial charge in [-0.15, -0.1) is 0 Å². The topological polar surface area (TPSA) is 137 Å². The van der Waals surface area contributed by atoms with Crippen molar-refractivity contribution in [1.29, 1.82) is 0 Å². The van der Waals surface area contributed by atoms with Gasteiger partial charge >= 0.3 is 0 Å². The van der Waals surface area contributed by atoms with Crippen molar-refractivity contribution in [1.82, 2.24) is 9.80 Å². The summed E-state index contributed by atoms with van der Waals surface area (Å²) in [6, 6.07) is 11.9. The molecule has 2 aromatic carbocycles. The summed E-state index contributed by atoms with van der Waals surface area (Å²) in [4.78, 5) is 42.0. The summed E-state index contributed by atoms with van der Waals surface area (Å²) < 4.78 is 6.30. The van der Waals surface area contributed by atoms with Crippen LogP contribution in [0.4, 0.5) is 17.1 Å². The van der Waals surface area contributed by atoms with E-state index in [9.17, 15) is 19.5 Å². The van der Waals surface area contributed by atoms with Crippen LogP contribution in [0.2, 0.25) is 0 Å². The van der Waals surface area contributed by atoms with E-state index >= 15 is 0 Å². The number of fused-ring (bicyclic) bond motifs is 1. The van der Waals surface area contributed by atoms with E-state index in [-0.39, 0.29) is 42.4 Å². The molecule has 40 heavy (non-hydrogen) atoms. The van der Waals surface area contributed by atoms with Crippen LogP contribution in [-0.4, -0.2) is 78.6 Å². The Balaban J connectivity index is 1.57. The fourth-order valence-electron chi connectivity index (χ4n) is 4.67. The molecule has 0 aliphatic carbocycles. The number of carbonyl (C=O) groups excluding carboxylic acids is 3. The van der Waals surface area contributed by atoms with Gasteiger partial charge in [0.05, 0.1) is 29.6 Å². The molecule has 1 aliphatic heterocycles. The van der Waals surface area contributed by atoms with Gasteiger partial charge in [-0.25, -0.2) is 0 Å². The Morgan fingerprint density at radius 3 is 2.42 bits per heavy atom. The fourth-order valence-corrected chi connectivity index (χ4v) is 4.67. The molecule has 0 radical (unpaired) electrons. The second-order valence-electron chi connectivity index (χ2n) is 10.8. The van der Waals surface area contributed by atoms with Gasteiger partial charge in [-0.05, 0) is 64.2 Å². The molecular formula is C30H43N5O5. The van der Waals surface area contributed by atoms with Crippen molar-refractivity contribution in [2.45, 2.75) is 58.1 Å². The van der Waals surface area contributed by atoms with Crippen LogP contribution >= 0.6 is 0 Å². The van der Waals surface area contributed by atoms with Gasteiger partial charge in [0.1, 0.15) is 11.9 Å². The summed E-state index contributed by atoms with van der Waals surface area (Å²) in [5, 5.41) is 15.5. The minimum Gasteiger partial charge on any atom is -0.488 e. The molecule has 0 saturated heterocycles. The van der Waals surface area contributed by atoms with E-state index in [1.807, 2.05) is 45.0 Å². The molecule has 10 nitrogen and oxygen atoms in total. The van der Waals surface area contributed by atoms with E-state index in [4.69, 9.17) is 10.5 Å². The van der Waals surface area contributed by atoms with E-state index in [2.05, 4.69) is 10.6 Å². The largest absolute Gasteiger partial charge is 0.488 e. The van der Waals surface area contributed by atoms with Gasteiger partial charge in [0, 0.05) is 37.5 Å². The smallest absolute Gasteiger partial charge is 0.258 e. The Kier molecular flexibility index (Phi) is 11.3. The molecule has 1 aliphatic rings. The van der Waals surface area contributed by atoms with Gasteiger partial charge in [-0.3, -0.25) is 14.4 Å². The van der Waals surface area contributed by atoms with Crippen molar-refractivity contribution in [3.05, 3.63) is 48.0 Å². The molecule has 10 heteroatoms. The first-order chi connectivity index (χ1) is 19.1. The number of nitrogens with zero attached hydrogens (tertiary/aromatic N) is 2. The third-order valence-corrected chi connectivity index (χ3v) is 7.04. The zero-order valence-corrected chi connectivity index (χ0v) is 24.0. The second-order valence-corrected chi connectivity index (χ2v) is 10.8. The van der Waals surface area contributed by atoms with Crippen LogP contribution < -0.4 is 21.1 Å².